The number of carbonyl (C=O) groups is 1. The Labute approximate surface area is 39.1 Å². The topological polar surface area (TPSA) is 93.1 Å². The number of primary amides is 1. The van der Waals surface area contributed by atoms with Gasteiger partial charge in [0, 0.05) is 0 Å². The lowest BCUT2D eigenvalue weighted by Gasteiger charge is -1.84. The fourth-order valence-electron chi connectivity index (χ4n) is 0.0873. The van der Waals surface area contributed by atoms with Gasteiger partial charge in [-0.25, -0.2) is 4.79 Å². The van der Waals surface area contributed by atoms with Gasteiger partial charge in [-0.15, -0.1) is 0 Å². The van der Waals surface area contributed by atoms with E-state index in [-0.39, 0.29) is 5.48 Å². The van der Waals surface area contributed by atoms with Crippen LogP contribution in [0.15, 0.2) is 0 Å². The summed E-state index contributed by atoms with van der Waals surface area (Å²) in [5.41, 5.74) is 7.61. The van der Waals surface area contributed by atoms with E-state index in [1.807, 2.05) is 0 Å². The van der Waals surface area contributed by atoms with Crippen LogP contribution in [0.3, 0.4) is 0 Å². The van der Waals surface area contributed by atoms with E-state index in [1.54, 1.807) is 0 Å². The number of hydrogen-bond donors (Lipinski definition) is 1. The van der Waals surface area contributed by atoms with E-state index in [1.165, 1.54) is 0 Å². The third-order valence-electron chi connectivity index (χ3n) is 0.301. The Bertz CT molecular complexity index is 114. The standard InChI is InChI=1S/C2H3N3O2/c3-4-1-2(6)5-7/h1H,5H2. The Morgan fingerprint density at radius 1 is 2.00 bits per heavy atom. The molecule has 7 heavy (non-hydrogen) atoms. The summed E-state index contributed by atoms with van der Waals surface area (Å²) in [5.74, 6) is -0.845. The normalized spacial score (nSPS) is 7.00. The average molecular weight is 101 g/mol. The first-order valence-corrected chi connectivity index (χ1v) is 1.48. The molecule has 0 spiro atoms. The van der Waals surface area contributed by atoms with Crippen molar-refractivity contribution < 1.29 is 15.1 Å². The van der Waals surface area contributed by atoms with Gasteiger partial charge in [-0.05, 0) is 0 Å². The molecule has 5 nitrogen and oxygen atoms in total. The van der Waals surface area contributed by atoms with E-state index in [9.17, 15) is 10.0 Å². The van der Waals surface area contributed by atoms with Crippen molar-refractivity contribution in [2.24, 2.45) is 0 Å². The number of quaternary nitrogens is 1. The Morgan fingerprint density at radius 2 is 2.57 bits per heavy atom. The number of rotatable bonds is 1. The molecule has 0 bridgehead atoms. The molecule has 0 aromatic heterocycles. The number of nitrogens with zero attached hydrogens (tertiary/aromatic N) is 2. The quantitative estimate of drug-likeness (QED) is 0.177. The molecule has 0 rings (SSSR count). The lowest BCUT2D eigenvalue weighted by Crippen LogP contribution is -2.82. The molecule has 0 saturated carbocycles. The number of carbonyl (C=O) groups excluding carboxylic acids is 1. The largest absolute Gasteiger partial charge is 0.628 e. The van der Waals surface area contributed by atoms with Crippen LogP contribution in [0.5, 0.6) is 0 Å². The molecule has 0 radical (unpaired) electrons. The monoisotopic (exact) mass is 101 g/mol. The van der Waals surface area contributed by atoms with Crippen molar-refractivity contribution in [3.8, 4) is 0 Å². The second kappa shape index (κ2) is 3.17. The van der Waals surface area contributed by atoms with Crippen molar-refractivity contribution in [3.05, 3.63) is 10.7 Å². The van der Waals surface area contributed by atoms with Crippen molar-refractivity contribution in [1.29, 1.82) is 0 Å². The molecule has 0 saturated heterocycles. The molecule has 1 amide bonds. The minimum Gasteiger partial charge on any atom is -0.628 e. The van der Waals surface area contributed by atoms with Crippen LogP contribution in [0, 0.1) is 5.21 Å². The van der Waals surface area contributed by atoms with Crippen molar-refractivity contribution in [1.82, 2.24) is 0 Å². The van der Waals surface area contributed by atoms with Crippen LogP contribution in [-0.2, 0) is 4.79 Å². The predicted molar refractivity (Wildman–Crippen MR) is 20.0 cm³/mol. The van der Waals surface area contributed by atoms with Crippen molar-refractivity contribution in [3.63, 3.8) is 0 Å². The molecule has 0 aromatic rings. The van der Waals surface area contributed by atoms with Crippen molar-refractivity contribution in [2.45, 2.75) is 0 Å². The Hall–Kier alpha value is -1.03. The van der Waals surface area contributed by atoms with Gasteiger partial charge in [-0.1, -0.05) is 0 Å². The van der Waals surface area contributed by atoms with Crippen LogP contribution in [-0.4, -0.2) is 16.9 Å². The van der Waals surface area contributed by atoms with Crippen LogP contribution < -0.4 is 5.48 Å². The van der Waals surface area contributed by atoms with Gasteiger partial charge < -0.3 is 16.2 Å². The second-order valence-corrected chi connectivity index (χ2v) is 0.765. The molecular formula is C2H3N3O2. The fraction of sp³-hybridized carbons (Fsp3) is 0. The van der Waals surface area contributed by atoms with Crippen LogP contribution in [0.2, 0.25) is 0 Å². The summed E-state index contributed by atoms with van der Waals surface area (Å²) in [6.07, 6.45) is 0.521. The van der Waals surface area contributed by atoms with Gasteiger partial charge in [0.2, 0.25) is 0 Å². The lowest BCUT2D eigenvalue weighted by atomic mass is 10.7. The molecule has 0 aliphatic carbocycles. The highest BCUT2D eigenvalue weighted by Crippen LogP contribution is 1.32. The van der Waals surface area contributed by atoms with Gasteiger partial charge in [0.1, 0.15) is 0 Å². The highest BCUT2D eigenvalue weighted by molar-refractivity contribution is 6.18. The fourth-order valence-corrected chi connectivity index (χ4v) is 0.0873. The molecule has 5 heteroatoms. The van der Waals surface area contributed by atoms with E-state index in [2.05, 4.69) is 4.79 Å². The summed E-state index contributed by atoms with van der Waals surface area (Å²) in [4.78, 5) is 12.0. The zero-order chi connectivity index (χ0) is 5.70. The number of hydroxylamine groups is 1. The van der Waals surface area contributed by atoms with E-state index in [0.29, 0.717) is 6.21 Å². The summed E-state index contributed by atoms with van der Waals surface area (Å²) in [7, 11) is 0. The van der Waals surface area contributed by atoms with Gasteiger partial charge >= 0.3 is 12.1 Å². The molecular weight excluding hydrogens is 98.0 g/mol. The van der Waals surface area contributed by atoms with Gasteiger partial charge in [0.15, 0.2) is 0 Å². The van der Waals surface area contributed by atoms with Crippen LogP contribution in [0.1, 0.15) is 0 Å². The molecule has 0 aliphatic rings. The first-order valence-electron chi connectivity index (χ1n) is 1.48. The van der Waals surface area contributed by atoms with Crippen LogP contribution >= 0.6 is 0 Å². The Balaban J connectivity index is 3.58. The first-order chi connectivity index (χ1) is 3.31. The van der Waals surface area contributed by atoms with Gasteiger partial charge in [0.25, 0.3) is 0 Å². The van der Waals surface area contributed by atoms with Crippen LogP contribution in [0.4, 0.5) is 0 Å². The summed E-state index contributed by atoms with van der Waals surface area (Å²) in [6.45, 7) is 0. The van der Waals surface area contributed by atoms with Gasteiger partial charge in [-0.3, -0.25) is 0 Å². The Morgan fingerprint density at radius 3 is 2.71 bits per heavy atom. The maximum atomic E-state index is 9.73. The third-order valence-corrected chi connectivity index (χ3v) is 0.301. The highest BCUT2D eigenvalue weighted by Gasteiger charge is 1.95. The molecule has 2 N–H and O–H groups in total. The third kappa shape index (κ3) is 2.78. The van der Waals surface area contributed by atoms with Gasteiger partial charge in [0.05, 0.1) is 0 Å². The molecule has 0 fully saturated rings. The summed E-state index contributed by atoms with van der Waals surface area (Å²) < 4.78 is 0. The first kappa shape index (κ1) is 5.97. The summed E-state index contributed by atoms with van der Waals surface area (Å²) >= 11 is 0. The number of nitrogens with two attached hydrogens (primary N) is 1. The molecule has 38 valence electrons. The van der Waals surface area contributed by atoms with E-state index in [4.69, 9.17) is 5.53 Å². The maximum absolute atomic E-state index is 9.73. The van der Waals surface area contributed by atoms with Crippen molar-refractivity contribution >= 4 is 12.1 Å². The smallest absolute Gasteiger partial charge is 0.416 e. The molecule has 0 heterocycles. The maximum Gasteiger partial charge on any atom is 0.416 e. The average Bonchev–Trinajstić information content (AvgIpc) is 1.68. The molecule has 0 aliphatic heterocycles. The van der Waals surface area contributed by atoms with E-state index >= 15 is 0 Å². The number of hydrogen-bond acceptors (Lipinski definition) is 2. The Kier molecular flexibility index (Phi) is 2.70. The van der Waals surface area contributed by atoms with Crippen molar-refractivity contribution in [2.75, 3.05) is 0 Å². The van der Waals surface area contributed by atoms with Gasteiger partial charge in [-0.2, -0.15) is 4.79 Å². The van der Waals surface area contributed by atoms with E-state index < -0.39 is 5.91 Å². The zero-order valence-electron chi connectivity index (χ0n) is 3.37. The molecule has 0 unspecified atom stereocenters. The highest BCUT2D eigenvalue weighted by atomic mass is 16.5. The van der Waals surface area contributed by atoms with E-state index in [0.717, 1.165) is 0 Å². The second-order valence-electron chi connectivity index (χ2n) is 0.765. The minimum absolute atomic E-state index is 0.0553. The minimum atomic E-state index is -0.845. The lowest BCUT2D eigenvalue weighted by molar-refractivity contribution is -0.493. The van der Waals surface area contributed by atoms with Crippen LogP contribution in [0.25, 0.3) is 5.53 Å². The molecule has 0 atom stereocenters. The summed E-state index contributed by atoms with van der Waals surface area (Å²) in [6, 6.07) is 0. The molecule has 0 aromatic carbocycles. The predicted octanol–water partition coefficient (Wildman–Crippen LogP) is -2.13. The zero-order valence-corrected chi connectivity index (χ0v) is 3.37. The number of amides is 1. The SMILES string of the molecule is [N-]=[N+]=CC(=O)[NH2+][O-]. The summed E-state index contributed by atoms with van der Waals surface area (Å²) in [5, 5.41) is 9.34.